The molecule has 0 spiro atoms. The van der Waals surface area contributed by atoms with E-state index in [0.29, 0.717) is 22.6 Å². The first-order valence-electron chi connectivity index (χ1n) is 8.34. The average Bonchev–Trinajstić information content (AvgIpc) is 2.61. The first kappa shape index (κ1) is 19.3. The Balaban J connectivity index is 2.05. The Labute approximate surface area is 153 Å². The number of amides is 2. The highest BCUT2D eigenvalue weighted by molar-refractivity contribution is 5.99. The highest BCUT2D eigenvalue weighted by Crippen LogP contribution is 2.28. The number of carbonyl (C=O) groups is 2. The van der Waals surface area contributed by atoms with Crippen LogP contribution in [0, 0.1) is 13.8 Å². The Morgan fingerprint density at radius 1 is 0.846 bits per heavy atom. The highest BCUT2D eigenvalue weighted by atomic mass is 16.5. The minimum atomic E-state index is -0.448. The van der Waals surface area contributed by atoms with Gasteiger partial charge in [0.05, 0.1) is 13.2 Å². The molecule has 6 heteroatoms. The fourth-order valence-corrected chi connectivity index (χ4v) is 2.30. The Bertz CT molecular complexity index is 815. The third-order valence-corrected chi connectivity index (χ3v) is 3.85. The molecule has 0 heterocycles. The number of carbonyl (C=O) groups excluding carboxylic acids is 2. The van der Waals surface area contributed by atoms with Crippen LogP contribution in [0.4, 0.5) is 0 Å². The molecule has 0 bridgehead atoms. The second kappa shape index (κ2) is 8.38. The Morgan fingerprint density at radius 3 is 1.96 bits per heavy atom. The number of rotatable bonds is 5. The van der Waals surface area contributed by atoms with E-state index in [1.54, 1.807) is 30.3 Å². The molecule has 138 valence electrons. The lowest BCUT2D eigenvalue weighted by Crippen LogP contribution is -2.41. The number of ether oxygens (including phenoxy) is 2. The van der Waals surface area contributed by atoms with Crippen molar-refractivity contribution in [3.05, 3.63) is 58.7 Å². The summed E-state index contributed by atoms with van der Waals surface area (Å²) in [6.07, 6.45) is -0.0131. The molecule has 2 aromatic carbocycles. The van der Waals surface area contributed by atoms with Gasteiger partial charge in [0.2, 0.25) is 0 Å². The summed E-state index contributed by atoms with van der Waals surface area (Å²) in [7, 11) is 1.51. The van der Waals surface area contributed by atoms with Gasteiger partial charge in [-0.25, -0.2) is 0 Å². The van der Waals surface area contributed by atoms with E-state index in [0.717, 1.165) is 11.1 Å². The van der Waals surface area contributed by atoms with Gasteiger partial charge in [0, 0.05) is 11.1 Å². The van der Waals surface area contributed by atoms with E-state index in [4.69, 9.17) is 9.47 Å². The number of hydrogen-bond donors (Lipinski definition) is 2. The van der Waals surface area contributed by atoms with Gasteiger partial charge in [-0.05, 0) is 69.2 Å². The SMILES string of the molecule is COc1cc(C(=O)NNC(=O)c2ccc(C)c(C)c2)ccc1OC(C)C. The Hall–Kier alpha value is -3.02. The summed E-state index contributed by atoms with van der Waals surface area (Å²) in [5, 5.41) is 0. The average molecular weight is 356 g/mol. The molecule has 0 aliphatic rings. The van der Waals surface area contributed by atoms with Crippen LogP contribution in [0.15, 0.2) is 36.4 Å². The standard InChI is InChI=1S/C20H24N2O4/c1-12(2)26-17-9-8-16(11-18(17)25-5)20(24)22-21-19(23)15-7-6-13(3)14(4)10-15/h6-12H,1-5H3,(H,21,23)(H,22,24). The molecule has 6 nitrogen and oxygen atoms in total. The van der Waals surface area contributed by atoms with Crippen LogP contribution in [0.3, 0.4) is 0 Å². The molecule has 0 saturated carbocycles. The molecule has 2 N–H and O–H groups in total. The fourth-order valence-electron chi connectivity index (χ4n) is 2.30. The summed E-state index contributed by atoms with van der Waals surface area (Å²) in [5.41, 5.74) is 7.76. The third kappa shape index (κ3) is 4.75. The van der Waals surface area contributed by atoms with E-state index in [1.807, 2.05) is 33.8 Å². The van der Waals surface area contributed by atoms with Gasteiger partial charge in [-0.15, -0.1) is 0 Å². The van der Waals surface area contributed by atoms with Crippen molar-refractivity contribution in [1.29, 1.82) is 0 Å². The maximum Gasteiger partial charge on any atom is 0.269 e. The molecule has 0 aromatic heterocycles. The van der Waals surface area contributed by atoms with Crippen molar-refractivity contribution in [1.82, 2.24) is 10.9 Å². The lowest BCUT2D eigenvalue weighted by molar-refractivity contribution is 0.0846. The van der Waals surface area contributed by atoms with Gasteiger partial charge in [-0.1, -0.05) is 6.07 Å². The van der Waals surface area contributed by atoms with Crippen LogP contribution in [0.5, 0.6) is 11.5 Å². The van der Waals surface area contributed by atoms with Crippen LogP contribution in [0.25, 0.3) is 0 Å². The summed E-state index contributed by atoms with van der Waals surface area (Å²) >= 11 is 0. The van der Waals surface area contributed by atoms with E-state index in [-0.39, 0.29) is 12.0 Å². The zero-order chi connectivity index (χ0) is 19.3. The molecule has 2 amide bonds. The summed E-state index contributed by atoms with van der Waals surface area (Å²) < 4.78 is 10.9. The van der Waals surface area contributed by atoms with E-state index in [9.17, 15) is 9.59 Å². The maximum atomic E-state index is 12.3. The van der Waals surface area contributed by atoms with Crippen LogP contribution < -0.4 is 20.3 Å². The smallest absolute Gasteiger partial charge is 0.269 e. The molecule has 2 aromatic rings. The van der Waals surface area contributed by atoms with Crippen LogP contribution in [0.2, 0.25) is 0 Å². The molecule has 0 saturated heterocycles. The largest absolute Gasteiger partial charge is 0.493 e. The van der Waals surface area contributed by atoms with Gasteiger partial charge in [-0.3, -0.25) is 20.4 Å². The zero-order valence-corrected chi connectivity index (χ0v) is 15.7. The molecule has 0 radical (unpaired) electrons. The monoisotopic (exact) mass is 356 g/mol. The van der Waals surface area contributed by atoms with Crippen molar-refractivity contribution >= 4 is 11.8 Å². The summed E-state index contributed by atoms with van der Waals surface area (Å²) in [6, 6.07) is 10.2. The molecule has 26 heavy (non-hydrogen) atoms. The molecule has 0 aliphatic carbocycles. The van der Waals surface area contributed by atoms with E-state index in [1.165, 1.54) is 7.11 Å². The molecule has 2 rings (SSSR count). The van der Waals surface area contributed by atoms with Crippen LogP contribution in [-0.2, 0) is 0 Å². The summed E-state index contributed by atoms with van der Waals surface area (Å²) in [5.74, 6) is 0.176. The highest BCUT2D eigenvalue weighted by Gasteiger charge is 2.13. The van der Waals surface area contributed by atoms with E-state index >= 15 is 0 Å². The zero-order valence-electron chi connectivity index (χ0n) is 15.7. The molecular formula is C20H24N2O4. The van der Waals surface area contributed by atoms with Gasteiger partial charge in [0.15, 0.2) is 11.5 Å². The van der Waals surface area contributed by atoms with E-state index < -0.39 is 5.91 Å². The number of methoxy groups -OCH3 is 1. The van der Waals surface area contributed by atoms with Gasteiger partial charge >= 0.3 is 0 Å². The maximum absolute atomic E-state index is 12.3. The predicted molar refractivity (Wildman–Crippen MR) is 99.6 cm³/mol. The van der Waals surface area contributed by atoms with Crippen LogP contribution in [-0.4, -0.2) is 25.0 Å². The second-order valence-electron chi connectivity index (χ2n) is 6.24. The Kier molecular flexibility index (Phi) is 6.22. The van der Waals surface area contributed by atoms with E-state index in [2.05, 4.69) is 10.9 Å². The van der Waals surface area contributed by atoms with Gasteiger partial charge in [0.1, 0.15) is 0 Å². The second-order valence-corrected chi connectivity index (χ2v) is 6.24. The minimum Gasteiger partial charge on any atom is -0.493 e. The van der Waals surface area contributed by atoms with Crippen molar-refractivity contribution in [3.8, 4) is 11.5 Å². The predicted octanol–water partition coefficient (Wildman–Crippen LogP) is 3.17. The topological polar surface area (TPSA) is 76.7 Å². The van der Waals surface area contributed by atoms with Crippen LogP contribution in [0.1, 0.15) is 45.7 Å². The quantitative estimate of drug-likeness (QED) is 0.807. The van der Waals surface area contributed by atoms with Crippen molar-refractivity contribution < 1.29 is 19.1 Å². The van der Waals surface area contributed by atoms with Crippen molar-refractivity contribution in [2.75, 3.05) is 7.11 Å². The normalized spacial score (nSPS) is 10.4. The van der Waals surface area contributed by atoms with Crippen molar-refractivity contribution in [3.63, 3.8) is 0 Å². The fraction of sp³-hybridized carbons (Fsp3) is 0.300. The molecule has 0 atom stereocenters. The molecule has 0 unspecified atom stereocenters. The number of aryl methyl sites for hydroxylation is 2. The number of hydrogen-bond acceptors (Lipinski definition) is 4. The summed E-state index contributed by atoms with van der Waals surface area (Å²) in [6.45, 7) is 7.71. The Morgan fingerprint density at radius 2 is 1.42 bits per heavy atom. The van der Waals surface area contributed by atoms with Crippen molar-refractivity contribution in [2.24, 2.45) is 0 Å². The summed E-state index contributed by atoms with van der Waals surface area (Å²) in [4.78, 5) is 24.5. The van der Waals surface area contributed by atoms with Gasteiger partial charge in [0.25, 0.3) is 11.8 Å². The number of nitrogens with one attached hydrogen (secondary N) is 2. The minimum absolute atomic E-state index is 0.0131. The van der Waals surface area contributed by atoms with Gasteiger partial charge < -0.3 is 9.47 Å². The lowest BCUT2D eigenvalue weighted by atomic mass is 10.1. The van der Waals surface area contributed by atoms with Crippen molar-refractivity contribution in [2.45, 2.75) is 33.8 Å². The first-order valence-corrected chi connectivity index (χ1v) is 8.34. The third-order valence-electron chi connectivity index (χ3n) is 3.85. The molecular weight excluding hydrogens is 332 g/mol. The first-order chi connectivity index (χ1) is 12.3. The molecule has 0 fully saturated rings. The molecule has 0 aliphatic heterocycles. The number of hydrazine groups is 1. The lowest BCUT2D eigenvalue weighted by Gasteiger charge is -2.14. The van der Waals surface area contributed by atoms with Crippen LogP contribution >= 0.6 is 0 Å². The number of benzene rings is 2. The van der Waals surface area contributed by atoms with Gasteiger partial charge in [-0.2, -0.15) is 0 Å².